The third-order valence-electron chi connectivity index (χ3n) is 3.56. The van der Waals surface area contributed by atoms with Gasteiger partial charge >= 0.3 is 0 Å². The van der Waals surface area contributed by atoms with E-state index in [1.807, 2.05) is 26.2 Å². The zero-order valence-corrected chi connectivity index (χ0v) is 15.9. The lowest BCUT2D eigenvalue weighted by atomic mass is 10.1. The lowest BCUT2D eigenvalue weighted by molar-refractivity contribution is 0.595. The van der Waals surface area contributed by atoms with Crippen LogP contribution in [0, 0.1) is 13.8 Å². The Balaban J connectivity index is 2.13. The van der Waals surface area contributed by atoms with Crippen LogP contribution in [-0.2, 0) is 9.84 Å². The second-order valence-corrected chi connectivity index (χ2v) is 9.48. The average Bonchev–Trinajstić information content (AvgIpc) is 2.97. The van der Waals surface area contributed by atoms with E-state index in [0.29, 0.717) is 10.6 Å². The maximum absolute atomic E-state index is 13.1. The SMILES string of the molecule is CSc1sc(C)cc1S(=O)(=O)c1cccc(-c2nccnc2C)c1. The maximum atomic E-state index is 13.1. The molecule has 4 nitrogen and oxygen atoms in total. The maximum Gasteiger partial charge on any atom is 0.208 e. The van der Waals surface area contributed by atoms with Crippen molar-refractivity contribution in [2.24, 2.45) is 0 Å². The second-order valence-electron chi connectivity index (χ2n) is 5.23. The number of nitrogens with zero attached hydrogens (tertiary/aromatic N) is 2. The molecule has 3 aromatic rings. The summed E-state index contributed by atoms with van der Waals surface area (Å²) in [5, 5.41) is 0. The first-order chi connectivity index (χ1) is 11.4. The molecule has 124 valence electrons. The second kappa shape index (κ2) is 6.66. The Kier molecular flexibility index (Phi) is 4.76. The van der Waals surface area contributed by atoms with Crippen molar-refractivity contribution in [2.45, 2.75) is 27.8 Å². The molecular formula is C17H16N2O2S3. The Hall–Kier alpha value is -1.70. The van der Waals surface area contributed by atoms with Gasteiger partial charge in [-0.05, 0) is 38.3 Å². The molecule has 0 aliphatic heterocycles. The summed E-state index contributed by atoms with van der Waals surface area (Å²) in [6.07, 6.45) is 5.12. The Morgan fingerprint density at radius 2 is 1.83 bits per heavy atom. The molecular weight excluding hydrogens is 360 g/mol. The summed E-state index contributed by atoms with van der Waals surface area (Å²) in [4.78, 5) is 10.2. The van der Waals surface area contributed by atoms with Crippen LogP contribution in [0.5, 0.6) is 0 Å². The van der Waals surface area contributed by atoms with E-state index < -0.39 is 9.84 Å². The van der Waals surface area contributed by atoms with Gasteiger partial charge < -0.3 is 0 Å². The zero-order valence-electron chi connectivity index (χ0n) is 13.5. The predicted molar refractivity (Wildman–Crippen MR) is 98.5 cm³/mol. The fourth-order valence-electron chi connectivity index (χ4n) is 2.43. The summed E-state index contributed by atoms with van der Waals surface area (Å²) < 4.78 is 26.9. The molecule has 2 aromatic heterocycles. The van der Waals surface area contributed by atoms with E-state index in [0.717, 1.165) is 20.3 Å². The number of hydrogen-bond acceptors (Lipinski definition) is 6. The van der Waals surface area contributed by atoms with E-state index in [2.05, 4.69) is 9.97 Å². The van der Waals surface area contributed by atoms with Crippen LogP contribution in [0.15, 0.2) is 56.7 Å². The number of rotatable bonds is 4. The minimum Gasteiger partial charge on any atom is -0.258 e. The van der Waals surface area contributed by atoms with Crippen molar-refractivity contribution in [3.05, 3.63) is 53.3 Å². The molecule has 0 aliphatic rings. The van der Waals surface area contributed by atoms with Crippen molar-refractivity contribution >= 4 is 32.9 Å². The monoisotopic (exact) mass is 376 g/mol. The molecule has 0 N–H and O–H groups in total. The smallest absolute Gasteiger partial charge is 0.208 e. The van der Waals surface area contributed by atoms with Crippen molar-refractivity contribution in [2.75, 3.05) is 6.26 Å². The van der Waals surface area contributed by atoms with Gasteiger partial charge in [0.2, 0.25) is 9.84 Å². The van der Waals surface area contributed by atoms with Gasteiger partial charge in [-0.25, -0.2) is 8.42 Å². The van der Waals surface area contributed by atoms with E-state index in [1.165, 1.54) is 23.1 Å². The topological polar surface area (TPSA) is 59.9 Å². The van der Waals surface area contributed by atoms with Crippen LogP contribution in [0.3, 0.4) is 0 Å². The molecule has 0 saturated carbocycles. The van der Waals surface area contributed by atoms with E-state index in [9.17, 15) is 8.42 Å². The lowest BCUT2D eigenvalue weighted by Crippen LogP contribution is -2.02. The highest BCUT2D eigenvalue weighted by molar-refractivity contribution is 8.01. The standard InChI is InChI=1S/C17H16N2O2S3/c1-11-9-15(17(22-3)23-11)24(20,21)14-6-4-5-13(10-14)16-12(2)18-7-8-19-16/h4-10H,1-3H3. The fraction of sp³-hybridized carbons (Fsp3) is 0.176. The first-order valence-corrected chi connectivity index (χ1v) is 10.7. The minimum atomic E-state index is -3.56. The van der Waals surface area contributed by atoms with E-state index in [-0.39, 0.29) is 4.90 Å². The summed E-state index contributed by atoms with van der Waals surface area (Å²) in [6.45, 7) is 3.78. The third kappa shape index (κ3) is 3.11. The fourth-order valence-corrected chi connectivity index (χ4v) is 6.50. The molecule has 0 amide bonds. The number of thioether (sulfide) groups is 1. The highest BCUT2D eigenvalue weighted by atomic mass is 32.2. The Morgan fingerprint density at radius 1 is 1.08 bits per heavy atom. The molecule has 0 unspecified atom stereocenters. The summed E-state index contributed by atoms with van der Waals surface area (Å²) in [5.74, 6) is 0. The molecule has 0 atom stereocenters. The Morgan fingerprint density at radius 3 is 2.54 bits per heavy atom. The molecule has 0 saturated heterocycles. The highest BCUT2D eigenvalue weighted by Gasteiger charge is 2.24. The number of thiophene rings is 1. The van der Waals surface area contributed by atoms with Crippen LogP contribution in [0.2, 0.25) is 0 Å². The number of hydrogen-bond donors (Lipinski definition) is 0. The summed E-state index contributed by atoms with van der Waals surface area (Å²) in [5.41, 5.74) is 2.21. The molecule has 3 rings (SSSR count). The predicted octanol–water partition coefficient (Wildman–Crippen LogP) is 4.38. The van der Waals surface area contributed by atoms with Gasteiger partial charge in [0, 0.05) is 22.8 Å². The van der Waals surface area contributed by atoms with E-state index in [1.54, 1.807) is 36.7 Å². The van der Waals surface area contributed by atoms with Crippen molar-refractivity contribution in [3.63, 3.8) is 0 Å². The molecule has 7 heteroatoms. The van der Waals surface area contributed by atoms with Gasteiger partial charge in [-0.2, -0.15) is 0 Å². The lowest BCUT2D eigenvalue weighted by Gasteiger charge is -2.08. The molecule has 1 aromatic carbocycles. The molecule has 0 aliphatic carbocycles. The van der Waals surface area contributed by atoms with Crippen LogP contribution in [-0.4, -0.2) is 24.6 Å². The molecule has 0 spiro atoms. The summed E-state index contributed by atoms with van der Waals surface area (Å²) in [6, 6.07) is 8.63. The number of benzene rings is 1. The molecule has 0 fully saturated rings. The third-order valence-corrected chi connectivity index (χ3v) is 7.78. The van der Waals surface area contributed by atoms with Crippen molar-refractivity contribution in [1.29, 1.82) is 0 Å². The quantitative estimate of drug-likeness (QED) is 0.633. The molecule has 24 heavy (non-hydrogen) atoms. The van der Waals surface area contributed by atoms with Crippen LogP contribution >= 0.6 is 23.1 Å². The van der Waals surface area contributed by atoms with Crippen LogP contribution in [0.1, 0.15) is 10.6 Å². The number of sulfone groups is 1. The van der Waals surface area contributed by atoms with E-state index >= 15 is 0 Å². The van der Waals surface area contributed by atoms with Crippen molar-refractivity contribution in [3.8, 4) is 11.3 Å². The van der Waals surface area contributed by atoms with E-state index in [4.69, 9.17) is 0 Å². The first-order valence-electron chi connectivity index (χ1n) is 7.21. The number of aromatic nitrogens is 2. The highest BCUT2D eigenvalue weighted by Crippen LogP contribution is 2.37. The van der Waals surface area contributed by atoms with Crippen molar-refractivity contribution in [1.82, 2.24) is 9.97 Å². The van der Waals surface area contributed by atoms with Crippen LogP contribution in [0.4, 0.5) is 0 Å². The molecule has 0 radical (unpaired) electrons. The zero-order chi connectivity index (χ0) is 17.3. The Bertz CT molecular complexity index is 995. The number of aryl methyl sites for hydroxylation is 2. The van der Waals surface area contributed by atoms with Gasteiger partial charge in [-0.3, -0.25) is 9.97 Å². The largest absolute Gasteiger partial charge is 0.258 e. The molecule has 2 heterocycles. The van der Waals surface area contributed by atoms with Gasteiger partial charge in [0.1, 0.15) is 0 Å². The summed E-state index contributed by atoms with van der Waals surface area (Å²) >= 11 is 2.96. The van der Waals surface area contributed by atoms with Crippen LogP contribution in [0.25, 0.3) is 11.3 Å². The normalized spacial score (nSPS) is 11.6. The van der Waals surface area contributed by atoms with Gasteiger partial charge in [0.15, 0.2) is 0 Å². The van der Waals surface area contributed by atoms with Crippen LogP contribution < -0.4 is 0 Å². The van der Waals surface area contributed by atoms with Gasteiger partial charge in [0.05, 0.1) is 25.4 Å². The van der Waals surface area contributed by atoms with Gasteiger partial charge in [0.25, 0.3) is 0 Å². The van der Waals surface area contributed by atoms with Gasteiger partial charge in [-0.15, -0.1) is 23.1 Å². The average molecular weight is 377 g/mol. The van der Waals surface area contributed by atoms with Crippen molar-refractivity contribution < 1.29 is 8.42 Å². The summed E-state index contributed by atoms with van der Waals surface area (Å²) in [7, 11) is -3.56. The Labute approximate surface area is 149 Å². The van der Waals surface area contributed by atoms with Gasteiger partial charge in [-0.1, -0.05) is 12.1 Å². The minimum absolute atomic E-state index is 0.276. The first kappa shape index (κ1) is 17.1. The molecule has 0 bridgehead atoms.